The molecule has 0 radical (unpaired) electrons. The van der Waals surface area contributed by atoms with Crippen LogP contribution < -0.4 is 4.74 Å². The van der Waals surface area contributed by atoms with E-state index < -0.39 is 0 Å². The van der Waals surface area contributed by atoms with Crippen LogP contribution in [0.25, 0.3) is 32.2 Å². The minimum Gasteiger partial charge on any atom is -0.496 e. The second kappa shape index (κ2) is 8.03. The summed E-state index contributed by atoms with van der Waals surface area (Å²) in [4.78, 5) is 10.1. The van der Waals surface area contributed by atoms with Crippen LogP contribution in [0.5, 0.6) is 5.75 Å². The number of pyridine rings is 1. The number of fused-ring (bicyclic) bond motifs is 3. The first-order valence-electron chi connectivity index (χ1n) is 11.2. The first kappa shape index (κ1) is 19.4. The maximum Gasteiger partial charge on any atom is 0.128 e. The summed E-state index contributed by atoms with van der Waals surface area (Å²) in [6.07, 6.45) is 5.40. The van der Waals surface area contributed by atoms with Crippen molar-refractivity contribution in [2.75, 3.05) is 7.11 Å². The van der Waals surface area contributed by atoms with Crippen molar-refractivity contribution >= 4 is 32.3 Å². The van der Waals surface area contributed by atoms with Crippen LogP contribution in [-0.4, -0.2) is 17.1 Å². The van der Waals surface area contributed by atoms with Gasteiger partial charge in [-0.2, -0.15) is 0 Å². The lowest BCUT2D eigenvalue weighted by atomic mass is 9.86. The minimum atomic E-state index is 0.757. The topological polar surface area (TPSA) is 35.0 Å². The lowest BCUT2D eigenvalue weighted by Crippen LogP contribution is -2.09. The number of aryl methyl sites for hydroxylation is 1. The van der Waals surface area contributed by atoms with Crippen LogP contribution in [0.1, 0.15) is 34.7 Å². The number of hydrogen-bond donors (Lipinski definition) is 0. The number of para-hydroxylation sites is 1. The van der Waals surface area contributed by atoms with Gasteiger partial charge in [-0.25, -0.2) is 4.98 Å². The number of aromatic nitrogens is 2. The Kier molecular flexibility index (Phi) is 4.88. The van der Waals surface area contributed by atoms with Crippen LogP contribution in [-0.2, 0) is 19.3 Å². The van der Waals surface area contributed by atoms with E-state index in [9.17, 15) is 0 Å². The first-order valence-corrected chi connectivity index (χ1v) is 12.0. The fourth-order valence-corrected chi connectivity index (χ4v) is 5.90. The van der Waals surface area contributed by atoms with Crippen molar-refractivity contribution in [2.45, 2.75) is 32.1 Å². The Labute approximate surface area is 191 Å². The van der Waals surface area contributed by atoms with E-state index in [0.717, 1.165) is 52.5 Å². The first-order chi connectivity index (χ1) is 15.8. The second-order valence-corrected chi connectivity index (χ2v) is 9.54. The zero-order valence-electron chi connectivity index (χ0n) is 18.1. The van der Waals surface area contributed by atoms with Gasteiger partial charge in [-0.15, -0.1) is 11.3 Å². The molecular weight excluding hydrogens is 412 g/mol. The molecule has 0 aliphatic heterocycles. The monoisotopic (exact) mass is 436 g/mol. The summed E-state index contributed by atoms with van der Waals surface area (Å²) in [5.74, 6) is 0.890. The van der Waals surface area contributed by atoms with E-state index >= 15 is 0 Å². The lowest BCUT2D eigenvalue weighted by molar-refractivity contribution is 0.417. The van der Waals surface area contributed by atoms with Crippen LogP contribution in [0.3, 0.4) is 0 Å². The van der Waals surface area contributed by atoms with Crippen molar-refractivity contribution in [1.29, 1.82) is 0 Å². The Bertz CT molecular complexity index is 1420. The molecule has 3 nitrogen and oxygen atoms in total. The van der Waals surface area contributed by atoms with Crippen molar-refractivity contribution in [3.05, 3.63) is 88.6 Å². The number of thiazole rings is 1. The largest absolute Gasteiger partial charge is 0.496 e. The van der Waals surface area contributed by atoms with Crippen LogP contribution in [0.2, 0.25) is 0 Å². The number of nitrogens with zero attached hydrogens (tertiary/aromatic N) is 2. The standard InChI is InChI=1S/C28H24N2OS/c1-31-24-15-14-18-8-2-4-10-21(18)27(24)28-22-11-5-3-9-19(22)16-20(29-28)17-26-30-23-12-6-7-13-25(23)32-26/h2,4,6-8,10,12-16H,3,5,9,11,17H2,1H3. The minimum absolute atomic E-state index is 0.757. The molecule has 0 N–H and O–H groups in total. The highest BCUT2D eigenvalue weighted by Crippen LogP contribution is 2.40. The fraction of sp³-hybridized carbons (Fsp3) is 0.214. The molecule has 158 valence electrons. The van der Waals surface area contributed by atoms with Gasteiger partial charge in [0.25, 0.3) is 0 Å². The normalized spacial score (nSPS) is 13.4. The predicted molar refractivity (Wildman–Crippen MR) is 133 cm³/mol. The Hall–Kier alpha value is -3.24. The molecule has 0 saturated heterocycles. The van der Waals surface area contributed by atoms with Crippen molar-refractivity contribution in [3.63, 3.8) is 0 Å². The van der Waals surface area contributed by atoms with Crippen molar-refractivity contribution in [2.24, 2.45) is 0 Å². The third-order valence-corrected chi connectivity index (χ3v) is 7.45. The summed E-state index contributed by atoms with van der Waals surface area (Å²) in [6, 6.07) is 23.4. The van der Waals surface area contributed by atoms with Crippen molar-refractivity contribution in [3.8, 4) is 17.0 Å². The van der Waals surface area contributed by atoms with Gasteiger partial charge in [-0.1, -0.05) is 42.5 Å². The molecule has 0 spiro atoms. The van der Waals surface area contributed by atoms with E-state index in [2.05, 4.69) is 60.7 Å². The maximum absolute atomic E-state index is 5.85. The molecule has 6 rings (SSSR count). The van der Waals surface area contributed by atoms with Crippen LogP contribution in [0.4, 0.5) is 0 Å². The number of hydrogen-bond acceptors (Lipinski definition) is 4. The maximum atomic E-state index is 5.85. The number of benzene rings is 3. The molecule has 0 bridgehead atoms. The molecular formula is C28H24N2OS. The molecule has 0 saturated carbocycles. The number of methoxy groups -OCH3 is 1. The molecule has 2 heterocycles. The van der Waals surface area contributed by atoms with Gasteiger partial charge in [0.15, 0.2) is 0 Å². The number of rotatable bonds is 4. The van der Waals surface area contributed by atoms with Gasteiger partial charge in [0.05, 0.1) is 33.6 Å². The Balaban J connectivity index is 1.54. The molecule has 32 heavy (non-hydrogen) atoms. The van der Waals surface area contributed by atoms with Gasteiger partial charge in [-0.3, -0.25) is 4.98 Å². The van der Waals surface area contributed by atoms with E-state index in [4.69, 9.17) is 14.7 Å². The van der Waals surface area contributed by atoms with E-state index in [1.807, 2.05) is 6.07 Å². The molecule has 0 unspecified atom stereocenters. The molecule has 0 atom stereocenters. The summed E-state index contributed by atoms with van der Waals surface area (Å²) in [7, 11) is 1.75. The SMILES string of the molecule is COc1ccc2ccccc2c1-c1nc(Cc2nc3ccccc3s2)cc2c1CCCC2. The molecule has 0 fully saturated rings. The quantitative estimate of drug-likeness (QED) is 0.304. The highest BCUT2D eigenvalue weighted by molar-refractivity contribution is 7.18. The molecule has 1 aliphatic rings. The van der Waals surface area contributed by atoms with E-state index in [1.165, 1.54) is 39.4 Å². The van der Waals surface area contributed by atoms with Gasteiger partial charge in [0, 0.05) is 12.1 Å². The summed E-state index contributed by atoms with van der Waals surface area (Å²) >= 11 is 1.77. The Morgan fingerprint density at radius 1 is 0.906 bits per heavy atom. The summed E-state index contributed by atoms with van der Waals surface area (Å²) in [6.45, 7) is 0. The average Bonchev–Trinajstić information content (AvgIpc) is 3.25. The van der Waals surface area contributed by atoms with Gasteiger partial charge in [0.2, 0.25) is 0 Å². The van der Waals surface area contributed by atoms with E-state index in [0.29, 0.717) is 0 Å². The van der Waals surface area contributed by atoms with Crippen molar-refractivity contribution in [1.82, 2.24) is 9.97 Å². The highest BCUT2D eigenvalue weighted by Gasteiger charge is 2.22. The summed E-state index contributed by atoms with van der Waals surface area (Å²) in [5.41, 5.74) is 7.20. The van der Waals surface area contributed by atoms with Gasteiger partial charge >= 0.3 is 0 Å². The molecule has 2 aromatic heterocycles. The van der Waals surface area contributed by atoms with Crippen LogP contribution >= 0.6 is 11.3 Å². The third-order valence-electron chi connectivity index (χ3n) is 6.41. The Morgan fingerprint density at radius 2 is 1.75 bits per heavy atom. The zero-order chi connectivity index (χ0) is 21.5. The lowest BCUT2D eigenvalue weighted by Gasteiger charge is -2.22. The van der Waals surface area contributed by atoms with Gasteiger partial charge in [0.1, 0.15) is 5.75 Å². The predicted octanol–water partition coefficient (Wildman–Crippen LogP) is 6.99. The van der Waals surface area contributed by atoms with Gasteiger partial charge in [-0.05, 0) is 71.8 Å². The molecule has 5 aromatic rings. The van der Waals surface area contributed by atoms with E-state index in [1.54, 1.807) is 18.4 Å². The summed E-state index contributed by atoms with van der Waals surface area (Å²) in [5, 5.41) is 3.53. The van der Waals surface area contributed by atoms with Gasteiger partial charge < -0.3 is 4.74 Å². The molecule has 1 aliphatic carbocycles. The zero-order valence-corrected chi connectivity index (χ0v) is 18.9. The Morgan fingerprint density at radius 3 is 2.66 bits per heavy atom. The fourth-order valence-electron chi connectivity index (χ4n) is 4.92. The smallest absolute Gasteiger partial charge is 0.128 e. The molecule has 4 heteroatoms. The average molecular weight is 437 g/mol. The van der Waals surface area contributed by atoms with Crippen molar-refractivity contribution < 1.29 is 4.74 Å². The number of ether oxygens (including phenoxy) is 1. The van der Waals surface area contributed by atoms with Crippen LogP contribution in [0.15, 0.2) is 66.7 Å². The molecule has 3 aromatic carbocycles. The third kappa shape index (κ3) is 3.35. The van der Waals surface area contributed by atoms with Crippen LogP contribution in [0, 0.1) is 0 Å². The second-order valence-electron chi connectivity index (χ2n) is 8.42. The summed E-state index contributed by atoms with van der Waals surface area (Å²) < 4.78 is 7.08. The molecule has 0 amide bonds. The highest BCUT2D eigenvalue weighted by atomic mass is 32.1. The van der Waals surface area contributed by atoms with E-state index in [-0.39, 0.29) is 0 Å².